The second-order valence-electron chi connectivity index (χ2n) is 5.53. The maximum absolute atomic E-state index is 12.3. The van der Waals surface area contributed by atoms with E-state index in [0.717, 1.165) is 9.87 Å². The molecule has 0 aliphatic heterocycles. The Hall–Kier alpha value is -2.43. The van der Waals surface area contributed by atoms with Gasteiger partial charge in [-0.1, -0.05) is 5.16 Å². The lowest BCUT2D eigenvalue weighted by molar-refractivity contribution is 0.383. The van der Waals surface area contributed by atoms with Crippen LogP contribution in [0, 0.1) is 0 Å². The average Bonchev–Trinajstić information content (AvgIpc) is 3.30. The highest BCUT2D eigenvalue weighted by Crippen LogP contribution is 2.29. The van der Waals surface area contributed by atoms with Crippen LogP contribution in [0.15, 0.2) is 44.4 Å². The van der Waals surface area contributed by atoms with Crippen LogP contribution >= 0.6 is 11.3 Å². The van der Waals surface area contributed by atoms with Gasteiger partial charge in [-0.25, -0.2) is 12.7 Å². The van der Waals surface area contributed by atoms with E-state index in [1.807, 2.05) is 16.8 Å². The lowest BCUT2D eigenvalue weighted by Crippen LogP contribution is -2.22. The molecule has 3 rings (SSSR count). The molecule has 0 radical (unpaired) electrons. The topological polar surface area (TPSA) is 97.6 Å². The summed E-state index contributed by atoms with van der Waals surface area (Å²) in [6.45, 7) is 0.235. The van der Waals surface area contributed by atoms with Crippen LogP contribution in [0.3, 0.4) is 0 Å². The van der Waals surface area contributed by atoms with Crippen LogP contribution in [0.5, 0.6) is 5.75 Å². The molecule has 0 fully saturated rings. The zero-order valence-electron chi connectivity index (χ0n) is 14.5. The summed E-state index contributed by atoms with van der Waals surface area (Å²) in [7, 11) is 0.937. The Kier molecular flexibility index (Phi) is 5.25. The fraction of sp³-hybridized carbons (Fsp3) is 0.250. The molecular formula is C16H18N4O4S2. The lowest BCUT2D eigenvalue weighted by Gasteiger charge is -2.15. The lowest BCUT2D eigenvalue weighted by atomic mass is 10.3. The minimum atomic E-state index is -3.55. The number of hydrogen-bond acceptors (Lipinski definition) is 8. The van der Waals surface area contributed by atoms with E-state index in [1.165, 1.54) is 33.3 Å². The van der Waals surface area contributed by atoms with E-state index in [1.54, 1.807) is 17.4 Å². The summed E-state index contributed by atoms with van der Waals surface area (Å²) in [5, 5.41) is 10.9. The SMILES string of the molecule is COc1ccc(S(=O)(=O)N(C)C)cc1NCc1nc(-c2ccsc2)no1. The predicted molar refractivity (Wildman–Crippen MR) is 98.8 cm³/mol. The normalized spacial score (nSPS) is 11.7. The van der Waals surface area contributed by atoms with Crippen molar-refractivity contribution in [3.63, 3.8) is 0 Å². The van der Waals surface area contributed by atoms with Gasteiger partial charge in [0.25, 0.3) is 0 Å². The van der Waals surface area contributed by atoms with E-state index in [4.69, 9.17) is 9.26 Å². The van der Waals surface area contributed by atoms with Crippen molar-refractivity contribution in [3.8, 4) is 17.1 Å². The standard InChI is InChI=1S/C16H18N4O4S2/c1-20(2)26(21,22)12-4-5-14(23-3)13(8-12)17-9-15-18-16(19-24-15)11-6-7-25-10-11/h4-8,10,17H,9H2,1-3H3. The first-order valence-electron chi connectivity index (χ1n) is 7.61. The first-order chi connectivity index (χ1) is 12.4. The first kappa shape index (κ1) is 18.4. The molecule has 0 saturated carbocycles. The molecule has 3 aromatic rings. The van der Waals surface area contributed by atoms with Crippen molar-refractivity contribution < 1.29 is 17.7 Å². The second kappa shape index (κ2) is 7.44. The summed E-state index contributed by atoms with van der Waals surface area (Å²) in [5.41, 5.74) is 1.41. The Morgan fingerprint density at radius 3 is 2.77 bits per heavy atom. The number of nitrogens with zero attached hydrogens (tertiary/aromatic N) is 3. The molecule has 2 aromatic heterocycles. The van der Waals surface area contributed by atoms with Crippen molar-refractivity contribution in [2.75, 3.05) is 26.5 Å². The summed E-state index contributed by atoms with van der Waals surface area (Å²) in [4.78, 5) is 4.48. The van der Waals surface area contributed by atoms with Gasteiger partial charge in [-0.05, 0) is 29.6 Å². The van der Waals surface area contributed by atoms with E-state index < -0.39 is 10.0 Å². The van der Waals surface area contributed by atoms with Crippen LogP contribution in [0.25, 0.3) is 11.4 Å². The molecule has 0 aliphatic rings. The third-order valence-corrected chi connectivity index (χ3v) is 6.12. The molecule has 26 heavy (non-hydrogen) atoms. The van der Waals surface area contributed by atoms with Crippen molar-refractivity contribution in [3.05, 3.63) is 40.9 Å². The highest BCUT2D eigenvalue weighted by Gasteiger charge is 2.19. The third kappa shape index (κ3) is 3.71. The van der Waals surface area contributed by atoms with Crippen molar-refractivity contribution in [2.24, 2.45) is 0 Å². The van der Waals surface area contributed by atoms with Gasteiger partial charge < -0.3 is 14.6 Å². The number of nitrogens with one attached hydrogen (secondary N) is 1. The number of anilines is 1. The summed E-state index contributed by atoms with van der Waals surface area (Å²) >= 11 is 1.55. The van der Waals surface area contributed by atoms with E-state index in [0.29, 0.717) is 23.2 Å². The van der Waals surface area contributed by atoms with Gasteiger partial charge in [0.05, 0.1) is 24.2 Å². The molecule has 10 heteroatoms. The monoisotopic (exact) mass is 394 g/mol. The summed E-state index contributed by atoms with van der Waals surface area (Å²) in [5.74, 6) is 1.41. The number of thiophene rings is 1. The Morgan fingerprint density at radius 2 is 2.12 bits per heavy atom. The molecule has 1 aromatic carbocycles. The van der Waals surface area contributed by atoms with Gasteiger partial charge in [-0.2, -0.15) is 16.3 Å². The fourth-order valence-corrected chi connectivity index (χ4v) is 3.77. The number of benzene rings is 1. The van der Waals surface area contributed by atoms with Crippen LogP contribution in [0.4, 0.5) is 5.69 Å². The summed E-state index contributed by atoms with van der Waals surface area (Å²) < 4.78 is 36.3. The van der Waals surface area contributed by atoms with E-state index >= 15 is 0 Å². The smallest absolute Gasteiger partial charge is 0.246 e. The Labute approximate surface area is 155 Å². The van der Waals surface area contributed by atoms with Crippen molar-refractivity contribution >= 4 is 27.0 Å². The molecule has 1 N–H and O–H groups in total. The molecule has 0 atom stereocenters. The highest BCUT2D eigenvalue weighted by molar-refractivity contribution is 7.89. The molecule has 0 unspecified atom stereocenters. The number of methoxy groups -OCH3 is 1. The quantitative estimate of drug-likeness (QED) is 0.658. The minimum Gasteiger partial charge on any atom is -0.495 e. The summed E-state index contributed by atoms with van der Waals surface area (Å²) in [6, 6.07) is 6.53. The Balaban J connectivity index is 1.81. The molecule has 0 aliphatic carbocycles. The van der Waals surface area contributed by atoms with Crippen molar-refractivity contribution in [2.45, 2.75) is 11.4 Å². The number of rotatable bonds is 7. The number of ether oxygens (including phenoxy) is 1. The Bertz CT molecular complexity index is 982. The maximum Gasteiger partial charge on any atom is 0.246 e. The van der Waals surface area contributed by atoms with E-state index in [-0.39, 0.29) is 11.4 Å². The van der Waals surface area contributed by atoms with E-state index in [2.05, 4.69) is 15.5 Å². The largest absolute Gasteiger partial charge is 0.495 e. The zero-order chi connectivity index (χ0) is 18.7. The highest BCUT2D eigenvalue weighted by atomic mass is 32.2. The van der Waals surface area contributed by atoms with Crippen LogP contribution in [0.2, 0.25) is 0 Å². The van der Waals surface area contributed by atoms with Gasteiger partial charge >= 0.3 is 0 Å². The molecule has 8 nitrogen and oxygen atoms in total. The first-order valence-corrected chi connectivity index (χ1v) is 9.99. The molecule has 2 heterocycles. The number of sulfonamides is 1. The van der Waals surface area contributed by atoms with Crippen LogP contribution < -0.4 is 10.1 Å². The minimum absolute atomic E-state index is 0.162. The van der Waals surface area contributed by atoms with Crippen LogP contribution in [-0.4, -0.2) is 44.1 Å². The fourth-order valence-electron chi connectivity index (χ4n) is 2.20. The van der Waals surface area contributed by atoms with Crippen LogP contribution in [0.1, 0.15) is 5.89 Å². The molecule has 0 amide bonds. The van der Waals surface area contributed by atoms with Crippen LogP contribution in [-0.2, 0) is 16.6 Å². The molecular weight excluding hydrogens is 376 g/mol. The van der Waals surface area contributed by atoms with Gasteiger partial charge in [-0.3, -0.25) is 0 Å². The van der Waals surface area contributed by atoms with Gasteiger partial charge in [-0.15, -0.1) is 0 Å². The Morgan fingerprint density at radius 1 is 1.31 bits per heavy atom. The maximum atomic E-state index is 12.3. The predicted octanol–water partition coefficient (Wildman–Crippen LogP) is 2.67. The van der Waals surface area contributed by atoms with Gasteiger partial charge in [0.2, 0.25) is 21.7 Å². The van der Waals surface area contributed by atoms with Crippen molar-refractivity contribution in [1.29, 1.82) is 0 Å². The average molecular weight is 394 g/mol. The third-order valence-electron chi connectivity index (χ3n) is 3.63. The number of hydrogen-bond donors (Lipinski definition) is 1. The van der Waals surface area contributed by atoms with Gasteiger partial charge in [0, 0.05) is 25.0 Å². The van der Waals surface area contributed by atoms with Gasteiger partial charge in [0.1, 0.15) is 5.75 Å². The van der Waals surface area contributed by atoms with Gasteiger partial charge in [0.15, 0.2) is 0 Å². The summed E-state index contributed by atoms with van der Waals surface area (Å²) in [6.07, 6.45) is 0. The van der Waals surface area contributed by atoms with E-state index in [9.17, 15) is 8.42 Å². The second-order valence-corrected chi connectivity index (χ2v) is 8.46. The molecule has 0 bridgehead atoms. The zero-order valence-corrected chi connectivity index (χ0v) is 16.1. The molecule has 0 saturated heterocycles. The molecule has 138 valence electrons. The van der Waals surface area contributed by atoms with Crippen molar-refractivity contribution in [1.82, 2.24) is 14.4 Å². The molecule has 0 spiro atoms. The number of aromatic nitrogens is 2.